The van der Waals surface area contributed by atoms with E-state index in [4.69, 9.17) is 5.73 Å². The SMILES string of the molecule is NC(=S)CNS(=O)(=O)c1ccccc1F. The molecule has 1 rings (SSSR count). The summed E-state index contributed by atoms with van der Waals surface area (Å²) in [6.07, 6.45) is 0. The highest BCUT2D eigenvalue weighted by Gasteiger charge is 2.17. The molecule has 15 heavy (non-hydrogen) atoms. The van der Waals surface area contributed by atoms with Gasteiger partial charge in [-0.05, 0) is 12.1 Å². The lowest BCUT2D eigenvalue weighted by Gasteiger charge is -2.06. The summed E-state index contributed by atoms with van der Waals surface area (Å²) >= 11 is 4.50. The van der Waals surface area contributed by atoms with Crippen LogP contribution < -0.4 is 10.5 Å². The molecule has 0 aliphatic carbocycles. The number of benzene rings is 1. The Morgan fingerprint density at radius 3 is 2.60 bits per heavy atom. The summed E-state index contributed by atoms with van der Waals surface area (Å²) in [6.45, 7) is -0.188. The summed E-state index contributed by atoms with van der Waals surface area (Å²) in [7, 11) is -3.88. The van der Waals surface area contributed by atoms with Gasteiger partial charge < -0.3 is 5.73 Å². The molecule has 0 spiro atoms. The van der Waals surface area contributed by atoms with Crippen LogP contribution in [0.15, 0.2) is 29.2 Å². The van der Waals surface area contributed by atoms with E-state index in [-0.39, 0.29) is 11.5 Å². The van der Waals surface area contributed by atoms with Crippen molar-refractivity contribution >= 4 is 27.2 Å². The Balaban J connectivity index is 2.97. The molecule has 3 N–H and O–H groups in total. The molecule has 0 aliphatic rings. The fourth-order valence-electron chi connectivity index (χ4n) is 0.907. The van der Waals surface area contributed by atoms with Crippen molar-refractivity contribution in [1.82, 2.24) is 4.72 Å². The lowest BCUT2D eigenvalue weighted by molar-refractivity contribution is 0.560. The van der Waals surface area contributed by atoms with Gasteiger partial charge in [0, 0.05) is 0 Å². The third-order valence-electron chi connectivity index (χ3n) is 1.56. The number of hydrogen-bond acceptors (Lipinski definition) is 3. The van der Waals surface area contributed by atoms with E-state index in [9.17, 15) is 12.8 Å². The minimum atomic E-state index is -3.88. The van der Waals surface area contributed by atoms with Gasteiger partial charge >= 0.3 is 0 Å². The van der Waals surface area contributed by atoms with Crippen LogP contribution in [0.25, 0.3) is 0 Å². The van der Waals surface area contributed by atoms with Crippen LogP contribution in [0.3, 0.4) is 0 Å². The zero-order chi connectivity index (χ0) is 11.5. The first-order valence-electron chi connectivity index (χ1n) is 3.96. The van der Waals surface area contributed by atoms with Crippen molar-refractivity contribution in [3.63, 3.8) is 0 Å². The standard InChI is InChI=1S/C8H9FN2O2S2/c9-6-3-1-2-4-7(6)15(12,13)11-5-8(10)14/h1-4,11H,5H2,(H2,10,14). The molecule has 0 radical (unpaired) electrons. The predicted octanol–water partition coefficient (Wildman–Crippen LogP) is 0.390. The van der Waals surface area contributed by atoms with Gasteiger partial charge in [0.2, 0.25) is 10.0 Å². The van der Waals surface area contributed by atoms with Crippen LogP contribution in [0.2, 0.25) is 0 Å². The fourth-order valence-corrected chi connectivity index (χ4v) is 2.15. The molecule has 1 aromatic carbocycles. The van der Waals surface area contributed by atoms with E-state index in [0.717, 1.165) is 12.1 Å². The van der Waals surface area contributed by atoms with Crippen molar-refractivity contribution < 1.29 is 12.8 Å². The Morgan fingerprint density at radius 1 is 1.47 bits per heavy atom. The van der Waals surface area contributed by atoms with Gasteiger partial charge in [-0.3, -0.25) is 0 Å². The van der Waals surface area contributed by atoms with Gasteiger partial charge in [0.15, 0.2) is 0 Å². The molecule has 0 unspecified atom stereocenters. The topological polar surface area (TPSA) is 72.2 Å². The zero-order valence-corrected chi connectivity index (χ0v) is 9.24. The predicted molar refractivity (Wildman–Crippen MR) is 58.4 cm³/mol. The second-order valence-corrected chi connectivity index (χ2v) is 4.98. The molecule has 0 amide bonds. The second-order valence-electron chi connectivity index (χ2n) is 2.72. The monoisotopic (exact) mass is 248 g/mol. The maximum absolute atomic E-state index is 13.1. The first-order valence-corrected chi connectivity index (χ1v) is 5.85. The lowest BCUT2D eigenvalue weighted by Crippen LogP contribution is -2.32. The van der Waals surface area contributed by atoms with Crippen molar-refractivity contribution in [3.05, 3.63) is 30.1 Å². The quantitative estimate of drug-likeness (QED) is 0.756. The van der Waals surface area contributed by atoms with Crippen LogP contribution in [0.1, 0.15) is 0 Å². The molecule has 0 fully saturated rings. The Bertz CT molecular complexity index is 473. The van der Waals surface area contributed by atoms with Crippen molar-refractivity contribution in [3.8, 4) is 0 Å². The number of hydrogen-bond donors (Lipinski definition) is 2. The second kappa shape index (κ2) is 4.65. The molecule has 0 saturated heterocycles. The van der Waals surface area contributed by atoms with E-state index in [1.54, 1.807) is 0 Å². The van der Waals surface area contributed by atoms with Crippen LogP contribution in [-0.2, 0) is 10.0 Å². The molecule has 4 nitrogen and oxygen atoms in total. The summed E-state index contributed by atoms with van der Waals surface area (Å²) in [4.78, 5) is -0.420. The van der Waals surface area contributed by atoms with E-state index >= 15 is 0 Å². The van der Waals surface area contributed by atoms with Crippen molar-refractivity contribution in [2.75, 3.05) is 6.54 Å². The lowest BCUT2D eigenvalue weighted by atomic mass is 10.4. The Hall–Kier alpha value is -1.05. The average Bonchev–Trinajstić information content (AvgIpc) is 2.15. The highest BCUT2D eigenvalue weighted by Crippen LogP contribution is 2.12. The summed E-state index contributed by atoms with van der Waals surface area (Å²) < 4.78 is 38.2. The molecule has 0 bridgehead atoms. The van der Waals surface area contributed by atoms with Crippen LogP contribution in [0.4, 0.5) is 4.39 Å². The number of nitrogens with two attached hydrogens (primary N) is 1. The normalized spacial score (nSPS) is 11.3. The third-order valence-corrected chi connectivity index (χ3v) is 3.14. The number of sulfonamides is 1. The van der Waals surface area contributed by atoms with Gasteiger partial charge in [-0.1, -0.05) is 24.4 Å². The van der Waals surface area contributed by atoms with Crippen molar-refractivity contribution in [2.45, 2.75) is 4.90 Å². The summed E-state index contributed by atoms with van der Waals surface area (Å²) in [5, 5.41) is 0. The van der Waals surface area contributed by atoms with Crippen LogP contribution in [0, 0.1) is 5.82 Å². The minimum absolute atomic E-state index is 0.00471. The molecular weight excluding hydrogens is 239 g/mol. The zero-order valence-electron chi connectivity index (χ0n) is 7.60. The van der Waals surface area contributed by atoms with Crippen LogP contribution in [-0.4, -0.2) is 20.0 Å². The smallest absolute Gasteiger partial charge is 0.243 e. The van der Waals surface area contributed by atoms with Crippen molar-refractivity contribution in [1.29, 1.82) is 0 Å². The Labute approximate surface area is 92.3 Å². The van der Waals surface area contributed by atoms with Crippen LogP contribution >= 0.6 is 12.2 Å². The van der Waals surface area contributed by atoms with Crippen molar-refractivity contribution in [2.24, 2.45) is 5.73 Å². The van der Waals surface area contributed by atoms with Crippen LogP contribution in [0.5, 0.6) is 0 Å². The highest BCUT2D eigenvalue weighted by molar-refractivity contribution is 7.89. The molecule has 0 aromatic heterocycles. The molecule has 7 heteroatoms. The number of nitrogens with one attached hydrogen (secondary N) is 1. The van der Waals surface area contributed by atoms with E-state index in [2.05, 4.69) is 16.9 Å². The molecule has 0 heterocycles. The first-order chi connectivity index (χ1) is 6.93. The van der Waals surface area contributed by atoms with Gasteiger partial charge in [-0.15, -0.1) is 0 Å². The summed E-state index contributed by atoms with van der Waals surface area (Å²) in [5.74, 6) is -0.812. The molecule has 0 atom stereocenters. The van der Waals surface area contributed by atoms with Gasteiger partial charge in [0.1, 0.15) is 10.7 Å². The van der Waals surface area contributed by atoms with Gasteiger partial charge in [-0.2, -0.15) is 0 Å². The molecule has 0 aliphatic heterocycles. The first kappa shape index (κ1) is 12.0. The Kier molecular flexibility index (Phi) is 3.72. The average molecular weight is 248 g/mol. The van der Waals surface area contributed by atoms with E-state index < -0.39 is 20.7 Å². The number of halogens is 1. The Morgan fingerprint density at radius 2 is 2.07 bits per heavy atom. The van der Waals surface area contributed by atoms with E-state index in [1.165, 1.54) is 12.1 Å². The molecule has 1 aromatic rings. The molecule has 0 saturated carbocycles. The van der Waals surface area contributed by atoms with E-state index in [0.29, 0.717) is 0 Å². The highest BCUT2D eigenvalue weighted by atomic mass is 32.2. The van der Waals surface area contributed by atoms with E-state index in [1.807, 2.05) is 0 Å². The molecular formula is C8H9FN2O2S2. The van der Waals surface area contributed by atoms with Gasteiger partial charge in [0.05, 0.1) is 11.5 Å². The number of thiocarbonyl (C=S) groups is 1. The number of rotatable bonds is 4. The molecule has 82 valence electrons. The largest absolute Gasteiger partial charge is 0.392 e. The minimum Gasteiger partial charge on any atom is -0.392 e. The van der Waals surface area contributed by atoms with Gasteiger partial charge in [-0.25, -0.2) is 17.5 Å². The summed E-state index contributed by atoms with van der Waals surface area (Å²) in [5.41, 5.74) is 5.13. The maximum atomic E-state index is 13.1. The fraction of sp³-hybridized carbons (Fsp3) is 0.125. The summed E-state index contributed by atoms with van der Waals surface area (Å²) in [6, 6.07) is 5.06. The maximum Gasteiger partial charge on any atom is 0.243 e. The third kappa shape index (κ3) is 3.22. The van der Waals surface area contributed by atoms with Gasteiger partial charge in [0.25, 0.3) is 0 Å².